The van der Waals surface area contributed by atoms with Gasteiger partial charge < -0.3 is 24.8 Å². The molecule has 1 saturated heterocycles. The average Bonchev–Trinajstić information content (AvgIpc) is 3.41. The Morgan fingerprint density at radius 3 is 2.70 bits per heavy atom. The highest BCUT2D eigenvalue weighted by Gasteiger charge is 2.32. The molecule has 1 aliphatic heterocycles. The second-order valence-electron chi connectivity index (χ2n) is 6.49. The number of ether oxygens (including phenoxy) is 3. The molecule has 0 atom stereocenters. The van der Waals surface area contributed by atoms with E-state index in [9.17, 15) is 0 Å². The van der Waals surface area contributed by atoms with Crippen LogP contribution in [0.3, 0.4) is 0 Å². The molecule has 23 heavy (non-hydrogen) atoms. The minimum Gasteiger partial charge on any atom is -0.381 e. The van der Waals surface area contributed by atoms with E-state index in [0.29, 0.717) is 6.54 Å². The molecule has 6 heteroatoms. The Balaban J connectivity index is 1.67. The van der Waals surface area contributed by atoms with Gasteiger partial charge in [-0.2, -0.15) is 0 Å². The van der Waals surface area contributed by atoms with Crippen LogP contribution in [0.2, 0.25) is 0 Å². The molecule has 2 fully saturated rings. The first-order valence-corrected chi connectivity index (χ1v) is 9.01. The Morgan fingerprint density at radius 1 is 1.26 bits per heavy atom. The van der Waals surface area contributed by atoms with Crippen LogP contribution in [0.25, 0.3) is 0 Å². The van der Waals surface area contributed by atoms with Gasteiger partial charge in [0.25, 0.3) is 0 Å². The lowest BCUT2D eigenvalue weighted by atomic mass is 9.94. The van der Waals surface area contributed by atoms with Crippen LogP contribution < -0.4 is 10.6 Å². The minimum atomic E-state index is -0.173. The normalized spacial score (nSPS) is 21.2. The van der Waals surface area contributed by atoms with Crippen molar-refractivity contribution in [1.29, 1.82) is 0 Å². The third-order valence-electron chi connectivity index (χ3n) is 4.51. The molecule has 134 valence electrons. The van der Waals surface area contributed by atoms with Gasteiger partial charge in [-0.1, -0.05) is 0 Å². The van der Waals surface area contributed by atoms with Crippen LogP contribution >= 0.6 is 0 Å². The quantitative estimate of drug-likeness (QED) is 0.362. The summed E-state index contributed by atoms with van der Waals surface area (Å²) in [4.78, 5) is 4.71. The maximum atomic E-state index is 5.73. The van der Waals surface area contributed by atoms with E-state index in [1.807, 2.05) is 0 Å². The van der Waals surface area contributed by atoms with E-state index in [1.165, 1.54) is 12.8 Å². The molecule has 0 aromatic heterocycles. The number of aliphatic imine (C=N–C) groups is 1. The summed E-state index contributed by atoms with van der Waals surface area (Å²) in [5.41, 5.74) is -0.173. The van der Waals surface area contributed by atoms with Crippen molar-refractivity contribution in [3.8, 4) is 0 Å². The predicted molar refractivity (Wildman–Crippen MR) is 91.9 cm³/mol. The van der Waals surface area contributed by atoms with Gasteiger partial charge >= 0.3 is 0 Å². The highest BCUT2D eigenvalue weighted by atomic mass is 16.5. The van der Waals surface area contributed by atoms with Crippen molar-refractivity contribution in [2.24, 2.45) is 10.9 Å². The Morgan fingerprint density at radius 2 is 2.04 bits per heavy atom. The first kappa shape index (κ1) is 18.5. The van der Waals surface area contributed by atoms with Crippen molar-refractivity contribution in [3.05, 3.63) is 0 Å². The number of methoxy groups -OCH3 is 1. The van der Waals surface area contributed by atoms with Crippen LogP contribution in [0.5, 0.6) is 0 Å². The van der Waals surface area contributed by atoms with E-state index in [4.69, 9.17) is 19.2 Å². The Bertz CT molecular complexity index is 353. The van der Waals surface area contributed by atoms with Crippen molar-refractivity contribution in [1.82, 2.24) is 10.6 Å². The monoisotopic (exact) mass is 327 g/mol. The van der Waals surface area contributed by atoms with E-state index in [1.54, 1.807) is 7.11 Å². The summed E-state index contributed by atoms with van der Waals surface area (Å²) in [6, 6.07) is 0. The van der Waals surface area contributed by atoms with Gasteiger partial charge in [-0.05, 0) is 32.1 Å². The lowest BCUT2D eigenvalue weighted by molar-refractivity contribution is -0.0828. The summed E-state index contributed by atoms with van der Waals surface area (Å²) in [7, 11) is 1.78. The van der Waals surface area contributed by atoms with Gasteiger partial charge in [0, 0.05) is 59.5 Å². The zero-order chi connectivity index (χ0) is 16.4. The maximum Gasteiger partial charge on any atom is 0.191 e. The largest absolute Gasteiger partial charge is 0.381 e. The molecule has 2 rings (SSSR count). The van der Waals surface area contributed by atoms with Crippen molar-refractivity contribution < 1.29 is 14.2 Å². The van der Waals surface area contributed by atoms with Gasteiger partial charge in [0.1, 0.15) is 0 Å². The lowest BCUT2D eigenvalue weighted by Crippen LogP contribution is -2.44. The predicted octanol–water partition coefficient (Wildman–Crippen LogP) is 1.55. The SMILES string of the molecule is CCNC(=NCC1(OC)CCOCC1)NCCCOCC1CC1. The molecule has 0 bridgehead atoms. The molecule has 0 radical (unpaired) electrons. The molecule has 0 spiro atoms. The Hall–Kier alpha value is -0.850. The smallest absolute Gasteiger partial charge is 0.191 e. The molecule has 0 unspecified atom stereocenters. The summed E-state index contributed by atoms with van der Waals surface area (Å²) in [5.74, 6) is 1.70. The van der Waals surface area contributed by atoms with Gasteiger partial charge in [-0.25, -0.2) is 0 Å². The number of rotatable bonds is 10. The molecule has 0 amide bonds. The van der Waals surface area contributed by atoms with Crippen molar-refractivity contribution in [2.75, 3.05) is 53.2 Å². The fourth-order valence-corrected chi connectivity index (χ4v) is 2.65. The summed E-state index contributed by atoms with van der Waals surface area (Å²) >= 11 is 0. The molecular weight excluding hydrogens is 294 g/mol. The first-order chi connectivity index (χ1) is 11.3. The van der Waals surface area contributed by atoms with Crippen LogP contribution in [0.15, 0.2) is 4.99 Å². The molecule has 1 aliphatic carbocycles. The van der Waals surface area contributed by atoms with Crippen molar-refractivity contribution >= 4 is 5.96 Å². The van der Waals surface area contributed by atoms with E-state index < -0.39 is 0 Å². The molecule has 2 aliphatic rings. The standard InChI is InChI=1S/C17H33N3O3/c1-3-18-16(19-9-4-10-23-13-15-5-6-15)20-14-17(21-2)7-11-22-12-8-17/h15H,3-14H2,1-2H3,(H2,18,19,20). The number of hydrogen-bond donors (Lipinski definition) is 2. The van der Waals surface area contributed by atoms with Crippen molar-refractivity contribution in [3.63, 3.8) is 0 Å². The number of nitrogens with zero attached hydrogens (tertiary/aromatic N) is 1. The number of guanidine groups is 1. The van der Waals surface area contributed by atoms with Crippen LogP contribution in [-0.4, -0.2) is 64.7 Å². The van der Waals surface area contributed by atoms with E-state index >= 15 is 0 Å². The summed E-state index contributed by atoms with van der Waals surface area (Å²) < 4.78 is 16.8. The summed E-state index contributed by atoms with van der Waals surface area (Å²) in [6.45, 7) is 7.75. The van der Waals surface area contributed by atoms with E-state index in [2.05, 4.69) is 17.6 Å². The number of hydrogen-bond acceptors (Lipinski definition) is 4. The van der Waals surface area contributed by atoms with Crippen LogP contribution in [-0.2, 0) is 14.2 Å². The summed E-state index contributed by atoms with van der Waals surface area (Å²) in [5, 5.41) is 6.67. The molecule has 1 saturated carbocycles. The zero-order valence-corrected chi connectivity index (χ0v) is 14.7. The second kappa shape index (κ2) is 10.1. The maximum absolute atomic E-state index is 5.73. The zero-order valence-electron chi connectivity index (χ0n) is 14.7. The highest BCUT2D eigenvalue weighted by Crippen LogP contribution is 2.28. The van der Waals surface area contributed by atoms with Gasteiger partial charge in [-0.15, -0.1) is 0 Å². The molecule has 0 aromatic carbocycles. The van der Waals surface area contributed by atoms with Crippen LogP contribution in [0, 0.1) is 5.92 Å². The topological polar surface area (TPSA) is 64.1 Å². The fraction of sp³-hybridized carbons (Fsp3) is 0.941. The summed E-state index contributed by atoms with van der Waals surface area (Å²) in [6.07, 6.45) is 5.51. The molecule has 6 nitrogen and oxygen atoms in total. The third kappa shape index (κ3) is 7.06. The van der Waals surface area contributed by atoms with Crippen molar-refractivity contribution in [2.45, 2.75) is 44.6 Å². The van der Waals surface area contributed by atoms with Crippen LogP contribution in [0.1, 0.15) is 39.0 Å². The van der Waals surface area contributed by atoms with Gasteiger partial charge in [0.2, 0.25) is 0 Å². The Kier molecular flexibility index (Phi) is 8.12. The highest BCUT2D eigenvalue weighted by molar-refractivity contribution is 5.79. The number of nitrogens with one attached hydrogen (secondary N) is 2. The first-order valence-electron chi connectivity index (χ1n) is 9.01. The van der Waals surface area contributed by atoms with E-state index in [0.717, 1.165) is 70.7 Å². The Labute approximate surface area is 140 Å². The van der Waals surface area contributed by atoms with Gasteiger partial charge in [0.15, 0.2) is 5.96 Å². The minimum absolute atomic E-state index is 0.173. The van der Waals surface area contributed by atoms with Gasteiger partial charge in [-0.3, -0.25) is 4.99 Å². The molecule has 1 heterocycles. The van der Waals surface area contributed by atoms with E-state index in [-0.39, 0.29) is 5.60 Å². The lowest BCUT2D eigenvalue weighted by Gasteiger charge is -2.34. The van der Waals surface area contributed by atoms with Gasteiger partial charge in [0.05, 0.1) is 12.1 Å². The third-order valence-corrected chi connectivity index (χ3v) is 4.51. The average molecular weight is 327 g/mol. The van der Waals surface area contributed by atoms with Crippen LogP contribution in [0.4, 0.5) is 0 Å². The second-order valence-corrected chi connectivity index (χ2v) is 6.49. The molecule has 2 N–H and O–H groups in total. The molecule has 0 aromatic rings. The molecular formula is C17H33N3O3. The fourth-order valence-electron chi connectivity index (χ4n) is 2.65.